The summed E-state index contributed by atoms with van der Waals surface area (Å²) in [6.07, 6.45) is 6.89. The lowest BCUT2D eigenvalue weighted by Crippen LogP contribution is -2.12. The molecule has 7 heteroatoms. The van der Waals surface area contributed by atoms with Gasteiger partial charge >= 0.3 is 0 Å². The summed E-state index contributed by atoms with van der Waals surface area (Å²) in [6, 6.07) is 1.68. The van der Waals surface area contributed by atoms with Gasteiger partial charge in [-0.05, 0) is 18.6 Å². The molecule has 0 radical (unpaired) electrons. The van der Waals surface area contributed by atoms with Gasteiger partial charge in [0.15, 0.2) is 11.5 Å². The molecule has 0 bridgehead atoms. The predicted octanol–water partition coefficient (Wildman–Crippen LogP) is 3.29. The van der Waals surface area contributed by atoms with Crippen molar-refractivity contribution in [3.8, 4) is 35.5 Å². The third-order valence-electron chi connectivity index (χ3n) is 3.82. The third-order valence-corrected chi connectivity index (χ3v) is 4.10. The Hall–Kier alpha value is -2.91. The third kappa shape index (κ3) is 3.14. The van der Waals surface area contributed by atoms with Crippen molar-refractivity contribution in [3.63, 3.8) is 0 Å². The summed E-state index contributed by atoms with van der Waals surface area (Å²) in [5.74, 6) is 3.01. The van der Waals surface area contributed by atoms with E-state index in [-0.39, 0.29) is 33.3 Å². The van der Waals surface area contributed by atoms with Crippen LogP contribution in [0.3, 0.4) is 0 Å². The fourth-order valence-corrected chi connectivity index (χ4v) is 2.86. The van der Waals surface area contributed by atoms with Gasteiger partial charge in [0.05, 0.1) is 50.8 Å². The van der Waals surface area contributed by atoms with E-state index in [1.807, 2.05) is 0 Å². The predicted molar refractivity (Wildman–Crippen MR) is 98.0 cm³/mol. The molecule has 0 amide bonds. The molecule has 1 aromatic carbocycles. The monoisotopic (exact) mass is 375 g/mol. The van der Waals surface area contributed by atoms with E-state index in [1.165, 1.54) is 34.6 Å². The molecule has 0 spiro atoms. The fraction of sp³-hybridized carbons (Fsp3) is 0.263. The number of ketones is 1. The Balaban J connectivity index is 2.85. The van der Waals surface area contributed by atoms with Crippen LogP contribution in [0.5, 0.6) is 23.1 Å². The van der Waals surface area contributed by atoms with Crippen molar-refractivity contribution in [3.05, 3.63) is 39.5 Å². The van der Waals surface area contributed by atoms with Gasteiger partial charge in [-0.1, -0.05) is 17.5 Å². The van der Waals surface area contributed by atoms with Crippen molar-refractivity contribution < 1.29 is 23.7 Å². The molecule has 1 heterocycles. The van der Waals surface area contributed by atoms with E-state index in [0.29, 0.717) is 17.1 Å². The summed E-state index contributed by atoms with van der Waals surface area (Å²) < 4.78 is 21.3. The number of terminal acetylenes is 1. The molecule has 0 aliphatic rings. The molecule has 0 N–H and O–H groups in total. The van der Waals surface area contributed by atoms with Crippen LogP contribution in [0.1, 0.15) is 27.0 Å². The summed E-state index contributed by atoms with van der Waals surface area (Å²) in [4.78, 5) is 17.4. The first-order valence-electron chi connectivity index (χ1n) is 7.48. The Bertz CT molecular complexity index is 902. The van der Waals surface area contributed by atoms with Gasteiger partial charge < -0.3 is 18.9 Å². The van der Waals surface area contributed by atoms with Gasteiger partial charge in [0.25, 0.3) is 0 Å². The van der Waals surface area contributed by atoms with Crippen LogP contribution in [0.4, 0.5) is 0 Å². The lowest BCUT2D eigenvalue weighted by Gasteiger charge is -2.18. The first-order valence-corrected chi connectivity index (χ1v) is 7.86. The van der Waals surface area contributed by atoms with Crippen molar-refractivity contribution >= 4 is 17.4 Å². The highest BCUT2D eigenvalue weighted by Gasteiger charge is 2.29. The second kappa shape index (κ2) is 7.98. The normalized spacial score (nSPS) is 10.0. The minimum atomic E-state index is -0.444. The molecule has 0 atom stereocenters. The SMILES string of the molecule is C#Cc1c(Cl)cnc(OC)c1C(=O)c1c(C)cc(OC)c(OC)c1OC. The number of halogens is 1. The summed E-state index contributed by atoms with van der Waals surface area (Å²) in [5.41, 5.74) is 1.13. The van der Waals surface area contributed by atoms with Gasteiger partial charge in [0.1, 0.15) is 5.56 Å². The molecule has 0 saturated carbocycles. The van der Waals surface area contributed by atoms with Crippen LogP contribution in [0.2, 0.25) is 5.02 Å². The summed E-state index contributed by atoms with van der Waals surface area (Å²) in [5, 5.41) is 0.175. The molecule has 0 fully saturated rings. The van der Waals surface area contributed by atoms with E-state index < -0.39 is 5.78 Å². The standard InChI is InChI=1S/C19H18ClNO5/c1-7-11-12(20)9-21-19(26-6)15(11)16(22)14-10(2)8-13(23-3)17(24-4)18(14)25-5/h1,8-9H,2-6H3. The lowest BCUT2D eigenvalue weighted by molar-refractivity contribution is 0.103. The number of aryl methyl sites for hydroxylation is 1. The van der Waals surface area contributed by atoms with E-state index in [2.05, 4.69) is 10.9 Å². The molecule has 2 aromatic rings. The zero-order valence-electron chi connectivity index (χ0n) is 15.1. The van der Waals surface area contributed by atoms with Crippen LogP contribution < -0.4 is 18.9 Å². The van der Waals surface area contributed by atoms with Gasteiger partial charge in [-0.25, -0.2) is 4.98 Å². The quantitative estimate of drug-likeness (QED) is 0.570. The highest BCUT2D eigenvalue weighted by molar-refractivity contribution is 6.32. The van der Waals surface area contributed by atoms with Crippen molar-refractivity contribution in [1.82, 2.24) is 4.98 Å². The zero-order chi connectivity index (χ0) is 19.4. The molecule has 0 aliphatic heterocycles. The van der Waals surface area contributed by atoms with Gasteiger partial charge in [0.2, 0.25) is 17.4 Å². The number of carbonyl (C=O) groups is 1. The number of pyridine rings is 1. The first-order chi connectivity index (χ1) is 12.4. The summed E-state index contributed by atoms with van der Waals surface area (Å²) in [6.45, 7) is 1.75. The Morgan fingerprint density at radius 2 is 1.73 bits per heavy atom. The molecular weight excluding hydrogens is 358 g/mol. The maximum atomic E-state index is 13.4. The number of benzene rings is 1. The van der Waals surface area contributed by atoms with E-state index >= 15 is 0 Å². The average molecular weight is 376 g/mol. The zero-order valence-corrected chi connectivity index (χ0v) is 15.9. The number of rotatable bonds is 6. The van der Waals surface area contributed by atoms with Crippen LogP contribution in [-0.2, 0) is 0 Å². The van der Waals surface area contributed by atoms with Crippen LogP contribution in [-0.4, -0.2) is 39.2 Å². The van der Waals surface area contributed by atoms with Crippen molar-refractivity contribution in [2.45, 2.75) is 6.92 Å². The number of methoxy groups -OCH3 is 4. The summed E-state index contributed by atoms with van der Waals surface area (Å²) >= 11 is 6.12. The number of nitrogens with zero attached hydrogens (tertiary/aromatic N) is 1. The van der Waals surface area contributed by atoms with Crippen molar-refractivity contribution in [2.75, 3.05) is 28.4 Å². The molecule has 0 unspecified atom stereocenters. The number of hydrogen-bond acceptors (Lipinski definition) is 6. The Kier molecular flexibility index (Phi) is 5.96. The minimum Gasteiger partial charge on any atom is -0.493 e. The van der Waals surface area contributed by atoms with E-state index in [4.69, 9.17) is 37.0 Å². The van der Waals surface area contributed by atoms with Crippen LogP contribution in [0, 0.1) is 19.3 Å². The Morgan fingerprint density at radius 1 is 1.08 bits per heavy atom. The van der Waals surface area contributed by atoms with Crippen molar-refractivity contribution in [1.29, 1.82) is 0 Å². The highest BCUT2D eigenvalue weighted by atomic mass is 35.5. The average Bonchev–Trinajstić information content (AvgIpc) is 2.65. The van der Waals surface area contributed by atoms with Gasteiger partial charge in [0, 0.05) is 0 Å². The molecule has 1 aromatic heterocycles. The number of aromatic nitrogens is 1. The van der Waals surface area contributed by atoms with Gasteiger partial charge in [-0.2, -0.15) is 0 Å². The van der Waals surface area contributed by atoms with Crippen molar-refractivity contribution in [2.24, 2.45) is 0 Å². The van der Waals surface area contributed by atoms with Crippen LogP contribution in [0.15, 0.2) is 12.3 Å². The second-order valence-electron chi connectivity index (χ2n) is 5.18. The van der Waals surface area contributed by atoms with E-state index in [0.717, 1.165) is 0 Å². The number of ether oxygens (including phenoxy) is 4. The van der Waals surface area contributed by atoms with Crippen LogP contribution >= 0.6 is 11.6 Å². The minimum absolute atomic E-state index is 0.0728. The van der Waals surface area contributed by atoms with E-state index in [9.17, 15) is 4.79 Å². The summed E-state index contributed by atoms with van der Waals surface area (Å²) in [7, 11) is 5.78. The molecule has 26 heavy (non-hydrogen) atoms. The molecule has 2 rings (SSSR count). The van der Waals surface area contributed by atoms with E-state index in [1.54, 1.807) is 13.0 Å². The Morgan fingerprint density at radius 3 is 2.23 bits per heavy atom. The highest BCUT2D eigenvalue weighted by Crippen LogP contribution is 2.43. The lowest BCUT2D eigenvalue weighted by atomic mass is 9.95. The second-order valence-corrected chi connectivity index (χ2v) is 5.58. The Labute approximate surface area is 157 Å². The molecule has 6 nitrogen and oxygen atoms in total. The largest absolute Gasteiger partial charge is 0.493 e. The smallest absolute Gasteiger partial charge is 0.225 e. The van der Waals surface area contributed by atoms with Gasteiger partial charge in [-0.15, -0.1) is 6.42 Å². The van der Waals surface area contributed by atoms with Gasteiger partial charge in [-0.3, -0.25) is 4.79 Å². The molecule has 0 saturated heterocycles. The maximum absolute atomic E-state index is 13.4. The molecule has 136 valence electrons. The fourth-order valence-electron chi connectivity index (χ4n) is 2.66. The maximum Gasteiger partial charge on any atom is 0.225 e. The first kappa shape index (κ1) is 19.4. The topological polar surface area (TPSA) is 66.9 Å². The molecular formula is C19H18ClNO5. The van der Waals surface area contributed by atoms with Crippen LogP contribution in [0.25, 0.3) is 0 Å². The number of hydrogen-bond donors (Lipinski definition) is 0. The molecule has 0 aliphatic carbocycles. The number of carbonyl (C=O) groups excluding carboxylic acids is 1.